The number of anilines is 2. The van der Waals surface area contributed by atoms with E-state index < -0.39 is 0 Å². The van der Waals surface area contributed by atoms with Crippen molar-refractivity contribution in [3.05, 3.63) is 76.0 Å². The van der Waals surface area contributed by atoms with Crippen LogP contribution < -0.4 is 15.4 Å². The van der Waals surface area contributed by atoms with Gasteiger partial charge in [0.05, 0.1) is 51.9 Å². The first kappa shape index (κ1) is 23.7. The van der Waals surface area contributed by atoms with Crippen molar-refractivity contribution in [3.8, 4) is 23.1 Å². The molecule has 0 fully saturated rings. The fourth-order valence-corrected chi connectivity index (χ4v) is 4.01. The quantitative estimate of drug-likeness (QED) is 0.285. The minimum atomic E-state index is 0.0950. The number of ether oxygens (including phenoxy) is 1. The molecule has 7 nitrogen and oxygen atoms in total. The number of aromatic nitrogens is 2. The van der Waals surface area contributed by atoms with Gasteiger partial charge in [-0.05, 0) is 29.8 Å². The van der Waals surface area contributed by atoms with Gasteiger partial charge in [0.2, 0.25) is 0 Å². The lowest BCUT2D eigenvalue weighted by molar-refractivity contribution is 0.292. The molecule has 2 heterocycles. The average molecular weight is 494 g/mol. The molecule has 0 spiro atoms. The van der Waals surface area contributed by atoms with Crippen LogP contribution in [0.5, 0.6) is 5.75 Å². The van der Waals surface area contributed by atoms with Crippen LogP contribution in [0.3, 0.4) is 0 Å². The number of nitrogens with zero attached hydrogens (tertiary/aromatic N) is 3. The highest BCUT2D eigenvalue weighted by Gasteiger charge is 2.14. The summed E-state index contributed by atoms with van der Waals surface area (Å²) in [5.74, 6) is 0.466. The number of nitrogens with one attached hydrogen (secondary N) is 2. The van der Waals surface area contributed by atoms with Crippen molar-refractivity contribution in [2.24, 2.45) is 0 Å². The number of rotatable bonds is 8. The topological polar surface area (TPSA) is 103 Å². The first-order chi connectivity index (χ1) is 16.5. The summed E-state index contributed by atoms with van der Waals surface area (Å²) in [6.07, 6.45) is 3.33. The number of methoxy groups -OCH3 is 1. The lowest BCUT2D eigenvalue weighted by Gasteiger charge is -2.15. The van der Waals surface area contributed by atoms with E-state index in [9.17, 15) is 5.26 Å². The highest BCUT2D eigenvalue weighted by atomic mass is 35.5. The van der Waals surface area contributed by atoms with Crippen molar-refractivity contribution in [2.75, 3.05) is 25.6 Å². The minimum Gasteiger partial charge on any atom is -0.495 e. The molecule has 0 radical (unpaired) electrons. The minimum absolute atomic E-state index is 0.0950. The Hall–Kier alpha value is -3.41. The number of benzene rings is 2. The van der Waals surface area contributed by atoms with E-state index in [1.807, 2.05) is 30.3 Å². The van der Waals surface area contributed by atoms with Crippen LogP contribution in [0.15, 0.2) is 54.9 Å². The van der Waals surface area contributed by atoms with Crippen LogP contribution in [-0.2, 0) is 6.54 Å². The molecule has 2 aromatic heterocycles. The third-order valence-electron chi connectivity index (χ3n) is 5.23. The number of aliphatic hydroxyl groups excluding tert-OH is 1. The Balaban J connectivity index is 1.69. The molecule has 4 aromatic rings. The molecule has 0 atom stereocenters. The third-order valence-corrected chi connectivity index (χ3v) is 5.84. The van der Waals surface area contributed by atoms with Gasteiger partial charge in [-0.3, -0.25) is 9.97 Å². The van der Waals surface area contributed by atoms with Crippen molar-refractivity contribution < 1.29 is 9.84 Å². The van der Waals surface area contributed by atoms with Gasteiger partial charge in [-0.1, -0.05) is 35.3 Å². The number of nitriles is 1. The monoisotopic (exact) mass is 493 g/mol. The van der Waals surface area contributed by atoms with Crippen molar-refractivity contribution in [3.63, 3.8) is 0 Å². The van der Waals surface area contributed by atoms with Gasteiger partial charge in [0.25, 0.3) is 0 Å². The largest absolute Gasteiger partial charge is 0.495 e. The van der Waals surface area contributed by atoms with E-state index in [2.05, 4.69) is 26.7 Å². The lowest BCUT2D eigenvalue weighted by Crippen LogP contribution is -2.17. The van der Waals surface area contributed by atoms with Gasteiger partial charge in [0.15, 0.2) is 0 Å². The van der Waals surface area contributed by atoms with E-state index in [0.29, 0.717) is 51.3 Å². The number of fused-ring (bicyclic) bond motifs is 1. The maximum Gasteiger partial charge on any atom is 0.139 e. The van der Waals surface area contributed by atoms with Gasteiger partial charge in [-0.25, -0.2) is 0 Å². The SMILES string of the molecule is COc1cc(Nc2c(C#N)cnc3cc(-c4ccc(CNCCO)cn4)ccc23)c(Cl)cc1Cl. The molecule has 4 rings (SSSR count). The Morgan fingerprint density at radius 2 is 1.91 bits per heavy atom. The van der Waals surface area contributed by atoms with Crippen LogP contribution in [0.1, 0.15) is 11.1 Å². The van der Waals surface area contributed by atoms with Crippen LogP contribution in [-0.4, -0.2) is 35.3 Å². The number of halogens is 2. The molecule has 0 saturated carbocycles. The standard InChI is InChI=1S/C25H21Cl2N5O2/c1-34-24-10-23(19(26)9-20(24)27)32-25-17(11-28)14-31-22-8-16(3-4-18(22)25)21-5-2-15(13-30-21)12-29-6-7-33/h2-5,8-10,13-14,29,33H,6-7,12H2,1H3,(H,31,32). The van der Waals surface area contributed by atoms with Crippen molar-refractivity contribution in [1.29, 1.82) is 5.26 Å². The molecule has 0 unspecified atom stereocenters. The fraction of sp³-hybridized carbons (Fsp3) is 0.160. The first-order valence-electron chi connectivity index (χ1n) is 10.4. The Bertz CT molecular complexity index is 1370. The van der Waals surface area contributed by atoms with E-state index in [1.165, 1.54) is 13.3 Å². The van der Waals surface area contributed by atoms with Crippen LogP contribution in [0.2, 0.25) is 10.0 Å². The summed E-state index contributed by atoms with van der Waals surface area (Å²) in [6, 6.07) is 15.2. The molecule has 0 saturated heterocycles. The van der Waals surface area contributed by atoms with Gasteiger partial charge >= 0.3 is 0 Å². The van der Waals surface area contributed by atoms with Crippen LogP contribution in [0, 0.1) is 11.3 Å². The first-order valence-corrected chi connectivity index (χ1v) is 11.2. The second kappa shape index (κ2) is 10.7. The van der Waals surface area contributed by atoms with Gasteiger partial charge in [-0.15, -0.1) is 0 Å². The number of pyridine rings is 2. The predicted octanol–water partition coefficient (Wildman–Crippen LogP) is 5.31. The fourth-order valence-electron chi connectivity index (χ4n) is 3.50. The van der Waals surface area contributed by atoms with Crippen LogP contribution >= 0.6 is 23.2 Å². The molecule has 0 amide bonds. The summed E-state index contributed by atoms with van der Waals surface area (Å²) >= 11 is 12.5. The second-order valence-corrected chi connectivity index (χ2v) is 8.25. The maximum absolute atomic E-state index is 9.67. The summed E-state index contributed by atoms with van der Waals surface area (Å²) in [6.45, 7) is 1.27. The Labute approximate surface area is 206 Å². The van der Waals surface area contributed by atoms with E-state index in [-0.39, 0.29) is 6.61 Å². The van der Waals surface area contributed by atoms with E-state index in [0.717, 1.165) is 22.2 Å². The van der Waals surface area contributed by atoms with E-state index in [1.54, 1.807) is 18.3 Å². The van der Waals surface area contributed by atoms with Gasteiger partial charge in [-0.2, -0.15) is 5.26 Å². The van der Waals surface area contributed by atoms with Crippen molar-refractivity contribution in [2.45, 2.75) is 6.54 Å². The second-order valence-electron chi connectivity index (χ2n) is 7.43. The summed E-state index contributed by atoms with van der Waals surface area (Å²) in [7, 11) is 1.52. The predicted molar refractivity (Wildman–Crippen MR) is 135 cm³/mol. The molecule has 0 aliphatic heterocycles. The Morgan fingerprint density at radius 3 is 2.62 bits per heavy atom. The molecule has 34 heavy (non-hydrogen) atoms. The Morgan fingerprint density at radius 1 is 1.06 bits per heavy atom. The van der Waals surface area contributed by atoms with Gasteiger partial charge in [0.1, 0.15) is 11.8 Å². The van der Waals surface area contributed by atoms with Crippen molar-refractivity contribution >= 4 is 45.5 Å². The summed E-state index contributed by atoms with van der Waals surface area (Å²) in [5, 5.41) is 26.5. The maximum atomic E-state index is 9.67. The molecule has 172 valence electrons. The van der Waals surface area contributed by atoms with E-state index in [4.69, 9.17) is 33.0 Å². The average Bonchev–Trinajstić information content (AvgIpc) is 2.86. The zero-order chi connectivity index (χ0) is 24.1. The molecule has 0 bridgehead atoms. The number of hydrogen-bond acceptors (Lipinski definition) is 7. The smallest absolute Gasteiger partial charge is 0.139 e. The highest BCUT2D eigenvalue weighted by Crippen LogP contribution is 2.38. The zero-order valence-electron chi connectivity index (χ0n) is 18.3. The third kappa shape index (κ3) is 5.06. The molecule has 0 aliphatic rings. The molecular weight excluding hydrogens is 473 g/mol. The lowest BCUT2D eigenvalue weighted by atomic mass is 10.0. The van der Waals surface area contributed by atoms with Gasteiger partial charge in [0, 0.05) is 42.5 Å². The molecule has 2 aromatic carbocycles. The summed E-state index contributed by atoms with van der Waals surface area (Å²) in [5.41, 5.74) is 4.95. The molecule has 0 aliphatic carbocycles. The van der Waals surface area contributed by atoms with Crippen molar-refractivity contribution in [1.82, 2.24) is 15.3 Å². The highest BCUT2D eigenvalue weighted by molar-refractivity contribution is 6.37. The molecular formula is C25H21Cl2N5O2. The van der Waals surface area contributed by atoms with E-state index >= 15 is 0 Å². The van der Waals surface area contributed by atoms with Crippen LogP contribution in [0.25, 0.3) is 22.2 Å². The zero-order valence-corrected chi connectivity index (χ0v) is 19.8. The van der Waals surface area contributed by atoms with Crippen LogP contribution in [0.4, 0.5) is 11.4 Å². The summed E-state index contributed by atoms with van der Waals surface area (Å²) < 4.78 is 5.29. The number of hydrogen-bond donors (Lipinski definition) is 3. The van der Waals surface area contributed by atoms with Gasteiger partial charge < -0.3 is 20.5 Å². The molecule has 3 N–H and O–H groups in total. The Kier molecular flexibility index (Phi) is 7.46. The molecule has 9 heteroatoms. The number of aliphatic hydroxyl groups is 1. The normalized spacial score (nSPS) is 10.8. The summed E-state index contributed by atoms with van der Waals surface area (Å²) in [4.78, 5) is 9.03.